The molecule has 0 aromatic heterocycles. The van der Waals surface area contributed by atoms with Crippen LogP contribution in [-0.4, -0.2) is 47.5 Å². The molecule has 5 rings (SSSR count). The minimum absolute atomic E-state index is 0.251. The summed E-state index contributed by atoms with van der Waals surface area (Å²) in [5, 5.41) is 11.3. The van der Waals surface area contributed by atoms with E-state index >= 15 is 0 Å². The lowest BCUT2D eigenvalue weighted by Crippen LogP contribution is -2.62. The Labute approximate surface area is 202 Å². The average Bonchev–Trinajstić information content (AvgIpc) is 2.88. The van der Waals surface area contributed by atoms with Crippen LogP contribution < -0.4 is 0 Å². The molecule has 2 aliphatic heterocycles. The number of hydrogen-bond acceptors (Lipinski definition) is 7. The molecule has 2 saturated heterocycles. The van der Waals surface area contributed by atoms with Crippen molar-refractivity contribution >= 4 is 17.7 Å². The highest BCUT2D eigenvalue weighted by molar-refractivity contribution is 7.99. The second kappa shape index (κ2) is 10.3. The zero-order valence-electron chi connectivity index (χ0n) is 18.7. The second-order valence-electron chi connectivity index (χ2n) is 8.38. The number of benzene rings is 3. The first-order chi connectivity index (χ1) is 16.6. The molecule has 0 spiro atoms. The highest BCUT2D eigenvalue weighted by Crippen LogP contribution is 2.40. The summed E-state index contributed by atoms with van der Waals surface area (Å²) in [7, 11) is 0. The van der Waals surface area contributed by atoms with E-state index in [9.17, 15) is 9.90 Å². The molecule has 2 aliphatic rings. The summed E-state index contributed by atoms with van der Waals surface area (Å²) in [6.07, 6.45) is -3.85. The van der Waals surface area contributed by atoms with Crippen LogP contribution in [0.5, 0.6) is 0 Å². The summed E-state index contributed by atoms with van der Waals surface area (Å²) < 4.78 is 24.2. The predicted molar refractivity (Wildman–Crippen MR) is 127 cm³/mol. The van der Waals surface area contributed by atoms with Crippen LogP contribution in [0.4, 0.5) is 0 Å². The van der Waals surface area contributed by atoms with E-state index in [1.54, 1.807) is 24.3 Å². The third-order valence-electron chi connectivity index (χ3n) is 5.90. The van der Waals surface area contributed by atoms with Crippen LogP contribution >= 0.6 is 11.8 Å². The molecule has 176 valence electrons. The van der Waals surface area contributed by atoms with Crippen molar-refractivity contribution in [2.45, 2.75) is 48.0 Å². The van der Waals surface area contributed by atoms with Crippen molar-refractivity contribution in [2.75, 3.05) is 6.61 Å². The number of rotatable bonds is 5. The van der Waals surface area contributed by atoms with Crippen LogP contribution in [0.1, 0.15) is 27.8 Å². The van der Waals surface area contributed by atoms with Gasteiger partial charge in [0, 0.05) is 10.5 Å². The van der Waals surface area contributed by atoms with Gasteiger partial charge in [0.1, 0.15) is 23.7 Å². The van der Waals surface area contributed by atoms with E-state index in [-0.39, 0.29) is 6.61 Å². The molecule has 0 unspecified atom stereocenters. The van der Waals surface area contributed by atoms with Gasteiger partial charge in [0.25, 0.3) is 0 Å². The van der Waals surface area contributed by atoms with Crippen LogP contribution in [0.2, 0.25) is 0 Å². The third kappa shape index (κ3) is 5.04. The van der Waals surface area contributed by atoms with E-state index in [4.69, 9.17) is 18.9 Å². The minimum Gasteiger partial charge on any atom is -0.453 e. The van der Waals surface area contributed by atoms with Crippen molar-refractivity contribution in [3.63, 3.8) is 0 Å². The van der Waals surface area contributed by atoms with Crippen LogP contribution in [0.25, 0.3) is 0 Å². The number of aliphatic hydroxyl groups excluding tert-OH is 1. The van der Waals surface area contributed by atoms with E-state index in [2.05, 4.69) is 0 Å². The lowest BCUT2D eigenvalue weighted by atomic mass is 9.98. The minimum atomic E-state index is -1.10. The predicted octanol–water partition coefficient (Wildman–Crippen LogP) is 4.51. The van der Waals surface area contributed by atoms with Gasteiger partial charge in [-0.2, -0.15) is 0 Å². The standard InChI is InChI=1S/C27H26O6S/c1-17-12-14-20(15-13-17)34-27-22(28)24(32-25(29)18-8-4-2-5-9-18)23-21(31-27)16-30-26(33-23)19-10-6-3-7-11-19/h2-15,21-24,26-28H,16H2,1H3/t21-,22+,23-,24-,26-,27-/m1/s1. The molecule has 7 heteroatoms. The lowest BCUT2D eigenvalue weighted by molar-refractivity contribution is -0.317. The molecular formula is C27H26O6S. The molecule has 1 N–H and O–H groups in total. The maximum Gasteiger partial charge on any atom is 0.338 e. The largest absolute Gasteiger partial charge is 0.453 e. The Bertz CT molecular complexity index is 1090. The first-order valence-corrected chi connectivity index (χ1v) is 12.1. The van der Waals surface area contributed by atoms with Gasteiger partial charge in [-0.3, -0.25) is 0 Å². The number of aliphatic hydroxyl groups is 1. The van der Waals surface area contributed by atoms with E-state index in [1.807, 2.05) is 67.6 Å². The normalized spacial score (nSPS) is 28.6. The highest BCUT2D eigenvalue weighted by Gasteiger charge is 2.51. The zero-order chi connectivity index (χ0) is 23.5. The fourth-order valence-corrected chi connectivity index (χ4v) is 5.14. The van der Waals surface area contributed by atoms with Gasteiger partial charge >= 0.3 is 5.97 Å². The molecule has 3 aromatic rings. The first-order valence-electron chi connectivity index (χ1n) is 11.2. The molecule has 2 fully saturated rings. The van der Waals surface area contributed by atoms with Gasteiger partial charge in [-0.25, -0.2) is 4.79 Å². The molecule has 0 radical (unpaired) electrons. The number of fused-ring (bicyclic) bond motifs is 1. The molecular weight excluding hydrogens is 452 g/mol. The Hall–Kier alpha value is -2.68. The SMILES string of the molecule is Cc1ccc(S[C@H]2O[C@@H]3CO[C@@H](c4ccccc4)O[C@H]3[C@H](OC(=O)c3ccccc3)[C@@H]2O)cc1. The Balaban J connectivity index is 1.39. The first kappa shape index (κ1) is 23.1. The topological polar surface area (TPSA) is 74.2 Å². The van der Waals surface area contributed by atoms with Crippen molar-refractivity contribution in [1.29, 1.82) is 0 Å². The zero-order valence-corrected chi connectivity index (χ0v) is 19.5. The molecule has 3 aromatic carbocycles. The van der Waals surface area contributed by atoms with Gasteiger partial charge in [-0.1, -0.05) is 78.0 Å². The molecule has 6 nitrogen and oxygen atoms in total. The van der Waals surface area contributed by atoms with Crippen LogP contribution in [0, 0.1) is 6.92 Å². The summed E-state index contributed by atoms with van der Waals surface area (Å²) in [5.74, 6) is -0.518. The monoisotopic (exact) mass is 478 g/mol. The summed E-state index contributed by atoms with van der Waals surface area (Å²) in [4.78, 5) is 13.9. The molecule has 2 heterocycles. The highest BCUT2D eigenvalue weighted by atomic mass is 32.2. The van der Waals surface area contributed by atoms with Gasteiger partial charge < -0.3 is 24.1 Å². The molecule has 0 aliphatic carbocycles. The van der Waals surface area contributed by atoms with E-state index in [0.717, 1.165) is 16.0 Å². The Morgan fingerprint density at radius 1 is 0.941 bits per heavy atom. The van der Waals surface area contributed by atoms with Crippen molar-refractivity contribution in [3.8, 4) is 0 Å². The molecule has 0 saturated carbocycles. The average molecular weight is 479 g/mol. The van der Waals surface area contributed by atoms with E-state index in [0.29, 0.717) is 5.56 Å². The number of thioether (sulfide) groups is 1. The Morgan fingerprint density at radius 3 is 2.32 bits per heavy atom. The fraction of sp³-hybridized carbons (Fsp3) is 0.296. The van der Waals surface area contributed by atoms with Crippen LogP contribution in [0.3, 0.4) is 0 Å². The molecule has 0 bridgehead atoms. The van der Waals surface area contributed by atoms with Crippen molar-refractivity contribution in [3.05, 3.63) is 102 Å². The van der Waals surface area contributed by atoms with E-state index < -0.39 is 42.1 Å². The Morgan fingerprint density at radius 2 is 1.62 bits per heavy atom. The number of carbonyl (C=O) groups excluding carboxylic acids is 1. The van der Waals surface area contributed by atoms with Crippen molar-refractivity contribution in [2.24, 2.45) is 0 Å². The van der Waals surface area contributed by atoms with Gasteiger partial charge in [0.2, 0.25) is 0 Å². The Kier molecular flexibility index (Phi) is 6.99. The summed E-state index contributed by atoms with van der Waals surface area (Å²) in [6.45, 7) is 2.27. The quantitative estimate of drug-likeness (QED) is 0.541. The van der Waals surface area contributed by atoms with Crippen molar-refractivity contribution < 1.29 is 28.8 Å². The maximum absolute atomic E-state index is 12.9. The van der Waals surface area contributed by atoms with Gasteiger partial charge in [0.15, 0.2) is 12.4 Å². The van der Waals surface area contributed by atoms with Gasteiger partial charge in [-0.15, -0.1) is 0 Å². The summed E-state index contributed by atoms with van der Waals surface area (Å²) in [5.41, 5.74) is 1.75. The van der Waals surface area contributed by atoms with E-state index in [1.165, 1.54) is 11.8 Å². The van der Waals surface area contributed by atoms with Crippen molar-refractivity contribution in [1.82, 2.24) is 0 Å². The number of carbonyl (C=O) groups is 1. The third-order valence-corrected chi connectivity index (χ3v) is 7.07. The van der Waals surface area contributed by atoms with Gasteiger partial charge in [-0.05, 0) is 31.2 Å². The number of aryl methyl sites for hydroxylation is 1. The second-order valence-corrected chi connectivity index (χ2v) is 9.55. The molecule has 0 amide bonds. The smallest absolute Gasteiger partial charge is 0.338 e. The number of esters is 1. The van der Waals surface area contributed by atoms with Gasteiger partial charge in [0.05, 0.1) is 12.2 Å². The van der Waals surface area contributed by atoms with Crippen LogP contribution in [-0.2, 0) is 18.9 Å². The van der Waals surface area contributed by atoms with Crippen LogP contribution in [0.15, 0.2) is 89.8 Å². The summed E-state index contributed by atoms with van der Waals surface area (Å²) >= 11 is 1.39. The molecule has 34 heavy (non-hydrogen) atoms. The maximum atomic E-state index is 12.9. The fourth-order valence-electron chi connectivity index (χ4n) is 4.09. The lowest BCUT2D eigenvalue weighted by Gasteiger charge is -2.47. The number of ether oxygens (including phenoxy) is 4. The summed E-state index contributed by atoms with van der Waals surface area (Å²) in [6, 6.07) is 26.2. The molecule has 6 atom stereocenters. The number of hydrogen-bond donors (Lipinski definition) is 1.